The predicted octanol–water partition coefficient (Wildman–Crippen LogP) is 16.8. The fraction of sp³-hybridized carbons (Fsp3) is 0. The number of nitrogens with zero attached hydrogens (tertiary/aromatic N) is 2. The van der Waals surface area contributed by atoms with Crippen molar-refractivity contribution in [3.8, 4) is 50.2 Å². The van der Waals surface area contributed by atoms with Crippen molar-refractivity contribution in [2.45, 2.75) is 0 Å². The Morgan fingerprint density at radius 1 is 0.302 bits per heavy atom. The largest absolute Gasteiger partial charge is 0.455 e. The van der Waals surface area contributed by atoms with Crippen LogP contribution in [-0.4, -0.2) is 4.57 Å². The first-order valence-corrected chi connectivity index (χ1v) is 21.5. The molecule has 0 aliphatic rings. The van der Waals surface area contributed by atoms with E-state index in [0.29, 0.717) is 0 Å². The first kappa shape index (κ1) is 36.5. The lowest BCUT2D eigenvalue weighted by atomic mass is 9.90. The summed E-state index contributed by atoms with van der Waals surface area (Å²) in [6.45, 7) is 0. The summed E-state index contributed by atoms with van der Waals surface area (Å²) in [6, 6.07) is 87.1. The van der Waals surface area contributed by atoms with E-state index in [1.807, 2.05) is 6.07 Å². The third-order valence-electron chi connectivity index (χ3n) is 12.4. The van der Waals surface area contributed by atoms with Gasteiger partial charge >= 0.3 is 0 Å². The van der Waals surface area contributed by atoms with Crippen molar-refractivity contribution in [1.82, 2.24) is 4.57 Å². The Bertz CT molecular complexity index is 3600. The highest BCUT2D eigenvalue weighted by atomic mass is 16.3. The van der Waals surface area contributed by atoms with E-state index in [4.69, 9.17) is 4.42 Å². The smallest absolute Gasteiger partial charge is 0.143 e. The topological polar surface area (TPSA) is 21.3 Å². The molecule has 0 fully saturated rings. The van der Waals surface area contributed by atoms with E-state index in [1.165, 1.54) is 32.9 Å². The molecule has 12 rings (SSSR count). The van der Waals surface area contributed by atoms with E-state index in [0.717, 1.165) is 78.1 Å². The molecule has 0 amide bonds. The maximum Gasteiger partial charge on any atom is 0.143 e. The third kappa shape index (κ3) is 6.38. The number of hydrogen-bond donors (Lipinski definition) is 0. The zero-order valence-corrected chi connectivity index (χ0v) is 34.4. The number of furan rings is 1. The molecular formula is C60H40N2O. The molecule has 0 saturated carbocycles. The average Bonchev–Trinajstić information content (AvgIpc) is 3.91. The van der Waals surface area contributed by atoms with Crippen LogP contribution in [0.2, 0.25) is 0 Å². The van der Waals surface area contributed by atoms with Crippen LogP contribution in [0.5, 0.6) is 0 Å². The summed E-state index contributed by atoms with van der Waals surface area (Å²) < 4.78 is 9.12. The summed E-state index contributed by atoms with van der Waals surface area (Å²) in [6.07, 6.45) is 0. The number of anilines is 3. The molecule has 0 unspecified atom stereocenters. The van der Waals surface area contributed by atoms with Crippen molar-refractivity contribution < 1.29 is 4.42 Å². The lowest BCUT2D eigenvalue weighted by Gasteiger charge is -2.26. The minimum absolute atomic E-state index is 0.885. The normalized spacial score (nSPS) is 11.5. The average molecular weight is 805 g/mol. The van der Waals surface area contributed by atoms with Crippen LogP contribution in [0.1, 0.15) is 0 Å². The van der Waals surface area contributed by atoms with Gasteiger partial charge in [0, 0.05) is 49.9 Å². The quantitative estimate of drug-likeness (QED) is 0.153. The molecule has 296 valence electrons. The lowest BCUT2D eigenvalue weighted by molar-refractivity contribution is 0.670. The highest BCUT2D eigenvalue weighted by Gasteiger charge is 2.20. The molecule has 0 aliphatic carbocycles. The Labute approximate surface area is 366 Å². The zero-order chi connectivity index (χ0) is 41.7. The maximum absolute atomic E-state index is 6.74. The van der Waals surface area contributed by atoms with Crippen molar-refractivity contribution in [2.75, 3.05) is 4.90 Å². The molecule has 0 N–H and O–H groups in total. The van der Waals surface area contributed by atoms with E-state index in [1.54, 1.807) is 0 Å². The summed E-state index contributed by atoms with van der Waals surface area (Å²) >= 11 is 0. The van der Waals surface area contributed by atoms with Crippen LogP contribution in [0.3, 0.4) is 0 Å². The van der Waals surface area contributed by atoms with Gasteiger partial charge in [-0.2, -0.15) is 0 Å². The van der Waals surface area contributed by atoms with Gasteiger partial charge in [-0.05, 0) is 112 Å². The molecule has 0 bridgehead atoms. The summed E-state index contributed by atoms with van der Waals surface area (Å²) in [5, 5.41) is 4.70. The minimum Gasteiger partial charge on any atom is -0.455 e. The first-order chi connectivity index (χ1) is 31.2. The second-order valence-electron chi connectivity index (χ2n) is 16.1. The van der Waals surface area contributed by atoms with Gasteiger partial charge in [0.25, 0.3) is 0 Å². The predicted molar refractivity (Wildman–Crippen MR) is 264 cm³/mol. The third-order valence-corrected chi connectivity index (χ3v) is 12.4. The van der Waals surface area contributed by atoms with Crippen molar-refractivity contribution in [2.24, 2.45) is 0 Å². The lowest BCUT2D eigenvalue weighted by Crippen LogP contribution is -2.09. The Morgan fingerprint density at radius 3 is 1.70 bits per heavy atom. The Balaban J connectivity index is 1.04. The highest BCUT2D eigenvalue weighted by molar-refractivity contribution is 6.12. The fourth-order valence-electron chi connectivity index (χ4n) is 9.43. The Hall–Kier alpha value is -8.40. The number of para-hydroxylation sites is 5. The van der Waals surface area contributed by atoms with Crippen molar-refractivity contribution in [3.05, 3.63) is 243 Å². The molecule has 12 aromatic rings. The van der Waals surface area contributed by atoms with Gasteiger partial charge in [0.05, 0.1) is 11.0 Å². The van der Waals surface area contributed by atoms with Gasteiger partial charge in [0.1, 0.15) is 11.2 Å². The molecule has 63 heavy (non-hydrogen) atoms. The van der Waals surface area contributed by atoms with Crippen LogP contribution in [-0.2, 0) is 0 Å². The summed E-state index contributed by atoms with van der Waals surface area (Å²) in [5.41, 5.74) is 17.6. The molecule has 0 spiro atoms. The molecule has 3 nitrogen and oxygen atoms in total. The molecule has 10 aromatic carbocycles. The number of hydrogen-bond acceptors (Lipinski definition) is 2. The van der Waals surface area contributed by atoms with Crippen LogP contribution in [0.4, 0.5) is 17.1 Å². The number of rotatable bonds is 8. The van der Waals surface area contributed by atoms with E-state index in [9.17, 15) is 0 Å². The molecule has 0 radical (unpaired) electrons. The first-order valence-electron chi connectivity index (χ1n) is 21.5. The molecule has 0 aliphatic heterocycles. The van der Waals surface area contributed by atoms with E-state index in [2.05, 4.69) is 246 Å². The number of fused-ring (bicyclic) bond motifs is 6. The van der Waals surface area contributed by atoms with Gasteiger partial charge in [-0.25, -0.2) is 0 Å². The molecular weight excluding hydrogens is 765 g/mol. The van der Waals surface area contributed by atoms with E-state index < -0.39 is 0 Å². The number of aromatic nitrogens is 1. The van der Waals surface area contributed by atoms with Gasteiger partial charge in [-0.3, -0.25) is 0 Å². The van der Waals surface area contributed by atoms with Crippen LogP contribution in [0.15, 0.2) is 247 Å². The van der Waals surface area contributed by atoms with Gasteiger partial charge < -0.3 is 13.9 Å². The molecule has 0 atom stereocenters. The van der Waals surface area contributed by atoms with Crippen molar-refractivity contribution >= 4 is 60.8 Å². The fourth-order valence-corrected chi connectivity index (χ4v) is 9.43. The standard InChI is InChI=1S/C60H40N2O/c1-4-16-41(17-5-1)42-30-34-48(35-31-42)61(46-19-6-2-7-20-46)49-23-14-18-45(38-49)50-36-32-43(39-56(50)55-27-15-26-54-53-25-11-13-29-59(53)63-60(54)55)44-33-37-52-51-24-10-12-28-57(51)62(58(52)40-44)47-21-8-3-9-22-47/h1-40H. The zero-order valence-electron chi connectivity index (χ0n) is 34.4. The van der Waals surface area contributed by atoms with Crippen LogP contribution in [0, 0.1) is 0 Å². The Kier molecular flexibility index (Phi) is 8.83. The molecule has 0 saturated heterocycles. The van der Waals surface area contributed by atoms with Crippen LogP contribution in [0.25, 0.3) is 93.9 Å². The summed E-state index contributed by atoms with van der Waals surface area (Å²) in [7, 11) is 0. The van der Waals surface area contributed by atoms with Crippen LogP contribution >= 0.6 is 0 Å². The minimum atomic E-state index is 0.885. The van der Waals surface area contributed by atoms with Gasteiger partial charge in [0.15, 0.2) is 0 Å². The monoisotopic (exact) mass is 804 g/mol. The number of benzene rings is 10. The molecule has 3 heteroatoms. The second kappa shape index (κ2) is 15.3. The summed E-state index contributed by atoms with van der Waals surface area (Å²) in [4.78, 5) is 2.34. The van der Waals surface area contributed by atoms with E-state index >= 15 is 0 Å². The summed E-state index contributed by atoms with van der Waals surface area (Å²) in [5.74, 6) is 0. The van der Waals surface area contributed by atoms with Gasteiger partial charge in [-0.15, -0.1) is 0 Å². The van der Waals surface area contributed by atoms with E-state index in [-0.39, 0.29) is 0 Å². The van der Waals surface area contributed by atoms with Crippen LogP contribution < -0.4 is 4.90 Å². The molecule has 2 aromatic heterocycles. The SMILES string of the molecule is c1ccc(-c2ccc(N(c3ccccc3)c3cccc(-c4ccc(-c5ccc6c7ccccc7n(-c7ccccc7)c6c5)cc4-c4cccc5c4oc4ccccc45)c3)cc2)cc1. The Morgan fingerprint density at radius 2 is 0.873 bits per heavy atom. The highest BCUT2D eigenvalue weighted by Crippen LogP contribution is 2.44. The van der Waals surface area contributed by atoms with Gasteiger partial charge in [0.2, 0.25) is 0 Å². The van der Waals surface area contributed by atoms with Gasteiger partial charge in [-0.1, -0.05) is 170 Å². The molecule has 2 heterocycles. The second-order valence-corrected chi connectivity index (χ2v) is 16.1. The van der Waals surface area contributed by atoms with Crippen molar-refractivity contribution in [3.63, 3.8) is 0 Å². The van der Waals surface area contributed by atoms with Crippen molar-refractivity contribution in [1.29, 1.82) is 0 Å². The maximum atomic E-state index is 6.74.